The first kappa shape index (κ1) is 22.7. The largest absolute Gasteiger partial charge is 0.389 e. The third kappa shape index (κ3) is 6.63. The Balaban J connectivity index is 0.00000242. The second-order valence-electron chi connectivity index (χ2n) is 5.10. The normalized spacial score (nSPS) is 17.1. The van der Waals surface area contributed by atoms with E-state index in [9.17, 15) is 17.6 Å². The molecule has 1 saturated heterocycles. The summed E-state index contributed by atoms with van der Waals surface area (Å²) >= 11 is 5.76. The van der Waals surface area contributed by atoms with Crippen LogP contribution in [0.2, 0.25) is 5.02 Å². The van der Waals surface area contributed by atoms with Crippen LogP contribution in [0.15, 0.2) is 18.2 Å². The summed E-state index contributed by atoms with van der Waals surface area (Å²) in [7, 11) is 0. The zero-order chi connectivity index (χ0) is 15.5. The van der Waals surface area contributed by atoms with Gasteiger partial charge in [-0.3, -0.25) is 4.90 Å². The molecule has 134 valence electrons. The minimum atomic E-state index is -4.25. The Hall–Kier alpha value is -0.270. The molecule has 1 aliphatic heterocycles. The molecular weight excluding hydrogens is 379 g/mol. The van der Waals surface area contributed by atoms with E-state index in [0.717, 1.165) is 0 Å². The van der Waals surface area contributed by atoms with E-state index in [2.05, 4.69) is 5.32 Å². The molecule has 0 radical (unpaired) electrons. The fourth-order valence-electron chi connectivity index (χ4n) is 2.61. The number of rotatable bonds is 4. The summed E-state index contributed by atoms with van der Waals surface area (Å²) < 4.78 is 51.8. The highest BCUT2D eigenvalue weighted by atomic mass is 35.5. The molecular formula is C14H19Cl3F4N2. The summed E-state index contributed by atoms with van der Waals surface area (Å²) in [5.41, 5.74) is 0.244. The first-order chi connectivity index (χ1) is 9.88. The van der Waals surface area contributed by atoms with Crippen LogP contribution in [-0.4, -0.2) is 37.3 Å². The van der Waals surface area contributed by atoms with Crippen LogP contribution in [0.4, 0.5) is 17.6 Å². The van der Waals surface area contributed by atoms with E-state index in [4.69, 9.17) is 11.6 Å². The molecule has 0 bridgehead atoms. The Kier molecular flexibility index (Phi) is 9.77. The molecule has 1 aliphatic rings. The predicted octanol–water partition coefficient (Wildman–Crippen LogP) is 4.61. The Morgan fingerprint density at radius 1 is 1.17 bits per heavy atom. The zero-order valence-corrected chi connectivity index (χ0v) is 14.6. The van der Waals surface area contributed by atoms with Crippen molar-refractivity contribution in [3.63, 3.8) is 0 Å². The minimum Gasteiger partial charge on any atom is -0.314 e. The first-order valence-electron chi connectivity index (χ1n) is 6.84. The van der Waals surface area contributed by atoms with Gasteiger partial charge < -0.3 is 5.32 Å². The number of piperazine rings is 1. The molecule has 0 aliphatic carbocycles. The van der Waals surface area contributed by atoms with E-state index >= 15 is 0 Å². The van der Waals surface area contributed by atoms with Crippen molar-refractivity contribution >= 4 is 36.4 Å². The molecule has 23 heavy (non-hydrogen) atoms. The molecule has 9 heteroatoms. The van der Waals surface area contributed by atoms with Crippen molar-refractivity contribution in [3.05, 3.63) is 34.6 Å². The van der Waals surface area contributed by atoms with Crippen LogP contribution in [0.1, 0.15) is 24.4 Å². The smallest absolute Gasteiger partial charge is 0.314 e. The summed E-state index contributed by atoms with van der Waals surface area (Å²) in [5, 5.41) is 3.08. The van der Waals surface area contributed by atoms with Crippen molar-refractivity contribution in [2.75, 3.05) is 26.2 Å². The summed E-state index contributed by atoms with van der Waals surface area (Å²) in [5.74, 6) is -0.620. The fraction of sp³-hybridized carbons (Fsp3) is 0.571. The van der Waals surface area contributed by atoms with E-state index in [0.29, 0.717) is 26.2 Å². The Labute approximate surface area is 150 Å². The summed E-state index contributed by atoms with van der Waals surface area (Å²) in [6.45, 7) is 2.55. The van der Waals surface area contributed by atoms with E-state index < -0.39 is 24.5 Å². The maximum absolute atomic E-state index is 14.2. The van der Waals surface area contributed by atoms with Crippen molar-refractivity contribution in [2.24, 2.45) is 0 Å². The number of benzene rings is 1. The number of hydrogen-bond acceptors (Lipinski definition) is 2. The molecule has 0 saturated carbocycles. The van der Waals surface area contributed by atoms with Crippen molar-refractivity contribution in [1.29, 1.82) is 0 Å². The quantitative estimate of drug-likeness (QED) is 0.746. The highest BCUT2D eigenvalue weighted by molar-refractivity contribution is 6.30. The van der Waals surface area contributed by atoms with Gasteiger partial charge in [0.25, 0.3) is 0 Å². The molecule has 0 aromatic heterocycles. The van der Waals surface area contributed by atoms with Gasteiger partial charge in [-0.05, 0) is 12.5 Å². The minimum absolute atomic E-state index is 0. The summed E-state index contributed by atoms with van der Waals surface area (Å²) in [6.07, 6.45) is -5.35. The number of nitrogens with zero attached hydrogens (tertiary/aromatic N) is 1. The van der Waals surface area contributed by atoms with E-state index in [1.165, 1.54) is 12.1 Å². The van der Waals surface area contributed by atoms with Crippen LogP contribution in [0.3, 0.4) is 0 Å². The van der Waals surface area contributed by atoms with Gasteiger partial charge in [-0.2, -0.15) is 13.2 Å². The number of hydrogen-bond donors (Lipinski definition) is 1. The predicted molar refractivity (Wildman–Crippen MR) is 88.4 cm³/mol. The zero-order valence-electron chi connectivity index (χ0n) is 12.2. The first-order valence-corrected chi connectivity index (χ1v) is 7.22. The van der Waals surface area contributed by atoms with Crippen molar-refractivity contribution in [2.45, 2.75) is 25.1 Å². The maximum atomic E-state index is 14.2. The van der Waals surface area contributed by atoms with E-state index in [-0.39, 0.29) is 41.8 Å². The molecule has 1 aromatic rings. The lowest BCUT2D eigenvalue weighted by molar-refractivity contribution is -0.138. The van der Waals surface area contributed by atoms with Gasteiger partial charge in [0, 0.05) is 44.2 Å². The Morgan fingerprint density at radius 2 is 1.78 bits per heavy atom. The number of nitrogens with one attached hydrogen (secondary N) is 1. The van der Waals surface area contributed by atoms with Crippen LogP contribution < -0.4 is 5.32 Å². The monoisotopic (exact) mass is 396 g/mol. The fourth-order valence-corrected chi connectivity index (χ4v) is 2.79. The summed E-state index contributed by atoms with van der Waals surface area (Å²) in [4.78, 5) is 1.89. The lowest BCUT2D eigenvalue weighted by atomic mass is 9.98. The van der Waals surface area contributed by atoms with Crippen LogP contribution in [-0.2, 0) is 0 Å². The summed E-state index contributed by atoms with van der Waals surface area (Å²) in [6, 6.07) is 3.89. The third-order valence-corrected chi connectivity index (χ3v) is 3.93. The van der Waals surface area contributed by atoms with Crippen molar-refractivity contribution in [1.82, 2.24) is 10.2 Å². The molecule has 1 aromatic carbocycles. The second-order valence-corrected chi connectivity index (χ2v) is 5.51. The number of halogens is 7. The average Bonchev–Trinajstić information content (AvgIpc) is 2.43. The van der Waals surface area contributed by atoms with E-state index in [1.54, 1.807) is 6.07 Å². The average molecular weight is 398 g/mol. The molecule has 1 N–H and O–H groups in total. The molecule has 2 rings (SSSR count). The maximum Gasteiger partial charge on any atom is 0.389 e. The molecule has 0 amide bonds. The SMILES string of the molecule is Cl.Cl.Fc1c(Cl)cccc1[C@@H](CCC(F)(F)F)N1CCNCC1. The Morgan fingerprint density at radius 3 is 2.35 bits per heavy atom. The van der Waals surface area contributed by atoms with Gasteiger partial charge in [-0.1, -0.05) is 23.7 Å². The molecule has 0 unspecified atom stereocenters. The molecule has 2 nitrogen and oxygen atoms in total. The topological polar surface area (TPSA) is 15.3 Å². The lowest BCUT2D eigenvalue weighted by Crippen LogP contribution is -2.45. The van der Waals surface area contributed by atoms with Crippen molar-refractivity contribution in [3.8, 4) is 0 Å². The highest BCUT2D eigenvalue weighted by Gasteiger charge is 2.32. The van der Waals surface area contributed by atoms with Crippen LogP contribution in [0.5, 0.6) is 0 Å². The second kappa shape index (κ2) is 9.89. The van der Waals surface area contributed by atoms with Crippen LogP contribution in [0, 0.1) is 5.82 Å². The highest BCUT2D eigenvalue weighted by Crippen LogP contribution is 2.34. The van der Waals surface area contributed by atoms with Gasteiger partial charge in [0.1, 0.15) is 5.82 Å². The lowest BCUT2D eigenvalue weighted by Gasteiger charge is -2.35. The van der Waals surface area contributed by atoms with Gasteiger partial charge in [0.2, 0.25) is 0 Å². The van der Waals surface area contributed by atoms with Crippen LogP contribution >= 0.6 is 36.4 Å². The van der Waals surface area contributed by atoms with E-state index in [1.807, 2.05) is 4.90 Å². The molecule has 1 fully saturated rings. The molecule has 1 atom stereocenters. The number of alkyl halides is 3. The Bertz CT molecular complexity index is 480. The van der Waals surface area contributed by atoms with Gasteiger partial charge in [0.15, 0.2) is 0 Å². The van der Waals surface area contributed by atoms with Gasteiger partial charge in [-0.25, -0.2) is 4.39 Å². The van der Waals surface area contributed by atoms with Crippen molar-refractivity contribution < 1.29 is 17.6 Å². The molecule has 0 spiro atoms. The molecule has 1 heterocycles. The van der Waals surface area contributed by atoms with Gasteiger partial charge in [-0.15, -0.1) is 24.8 Å². The van der Waals surface area contributed by atoms with Gasteiger partial charge in [0.05, 0.1) is 5.02 Å². The van der Waals surface area contributed by atoms with Crippen LogP contribution in [0.25, 0.3) is 0 Å². The third-order valence-electron chi connectivity index (χ3n) is 3.63. The van der Waals surface area contributed by atoms with Gasteiger partial charge >= 0.3 is 6.18 Å². The standard InChI is InChI=1S/C14H17ClF4N2.2ClH/c15-11-3-1-2-10(13(11)16)12(4-5-14(17,18)19)21-8-6-20-7-9-21;;/h1-3,12,20H,4-9H2;2*1H/t12-;;/m1../s1.